The molecule has 0 saturated carbocycles. The lowest BCUT2D eigenvalue weighted by atomic mass is 9.89. The topological polar surface area (TPSA) is 32.3 Å². The molecule has 106 valence electrons. The van der Waals surface area contributed by atoms with Crippen molar-refractivity contribution in [1.29, 1.82) is 0 Å². The molecule has 2 rings (SSSR count). The van der Waals surface area contributed by atoms with Crippen molar-refractivity contribution in [2.45, 2.75) is 19.4 Å². The van der Waals surface area contributed by atoms with Gasteiger partial charge in [-0.05, 0) is 45.6 Å². The number of benzene rings is 1. The average molecular weight is 283 g/mol. The second-order valence-corrected chi connectivity index (χ2v) is 5.32. The van der Waals surface area contributed by atoms with Crippen LogP contribution in [0.25, 0.3) is 0 Å². The van der Waals surface area contributed by atoms with E-state index in [1.807, 2.05) is 26.2 Å². The van der Waals surface area contributed by atoms with Gasteiger partial charge in [-0.2, -0.15) is 0 Å². The van der Waals surface area contributed by atoms with Crippen LogP contribution in [0.15, 0.2) is 24.3 Å². The third-order valence-corrected chi connectivity index (χ3v) is 3.45. The highest BCUT2D eigenvalue weighted by atomic mass is 35.5. The number of Topliss-reactive ketones (excluding diaryl/α,β-unsaturated/α-hetero) is 1. The summed E-state index contributed by atoms with van der Waals surface area (Å²) in [5.41, 5.74) is 2.12. The molecular formula is C15H23ClN2O. The molecule has 1 N–H and O–H groups in total. The number of rotatable bonds is 4. The van der Waals surface area contributed by atoms with E-state index in [2.05, 4.69) is 22.3 Å². The maximum Gasteiger partial charge on any atom is 0.166 e. The summed E-state index contributed by atoms with van der Waals surface area (Å²) in [5.74, 6) is 0.527. The van der Waals surface area contributed by atoms with Crippen LogP contribution in [0.2, 0.25) is 0 Å². The van der Waals surface area contributed by atoms with Crippen molar-refractivity contribution >= 4 is 18.2 Å². The molecule has 1 aliphatic rings. The van der Waals surface area contributed by atoms with Gasteiger partial charge in [-0.25, -0.2) is 0 Å². The molecule has 3 nitrogen and oxygen atoms in total. The number of hydrogen-bond acceptors (Lipinski definition) is 3. The number of nitrogens with one attached hydrogen (secondary N) is 1. The Bertz CT molecular complexity index is 397. The van der Waals surface area contributed by atoms with Crippen LogP contribution in [0.4, 0.5) is 0 Å². The Morgan fingerprint density at radius 1 is 1.21 bits per heavy atom. The van der Waals surface area contributed by atoms with Crippen molar-refractivity contribution in [2.75, 3.05) is 27.2 Å². The van der Waals surface area contributed by atoms with E-state index in [0.717, 1.165) is 38.0 Å². The minimum absolute atomic E-state index is 0. The Labute approximate surface area is 121 Å². The van der Waals surface area contributed by atoms with Gasteiger partial charge in [-0.3, -0.25) is 4.79 Å². The van der Waals surface area contributed by atoms with Crippen molar-refractivity contribution in [3.05, 3.63) is 35.4 Å². The van der Waals surface area contributed by atoms with E-state index in [1.54, 1.807) is 0 Å². The van der Waals surface area contributed by atoms with Gasteiger partial charge in [0.05, 0.1) is 0 Å². The fourth-order valence-electron chi connectivity index (χ4n) is 2.46. The van der Waals surface area contributed by atoms with Crippen molar-refractivity contribution < 1.29 is 4.79 Å². The highest BCUT2D eigenvalue weighted by Crippen LogP contribution is 2.18. The molecule has 0 aliphatic carbocycles. The van der Waals surface area contributed by atoms with Crippen molar-refractivity contribution in [3.8, 4) is 0 Å². The van der Waals surface area contributed by atoms with E-state index < -0.39 is 0 Å². The summed E-state index contributed by atoms with van der Waals surface area (Å²) in [5, 5.41) is 3.29. The van der Waals surface area contributed by atoms with Crippen LogP contribution < -0.4 is 5.32 Å². The van der Waals surface area contributed by atoms with E-state index in [0.29, 0.717) is 5.78 Å². The molecule has 0 radical (unpaired) electrons. The summed E-state index contributed by atoms with van der Waals surface area (Å²) in [7, 11) is 4.10. The van der Waals surface area contributed by atoms with Gasteiger partial charge in [0.15, 0.2) is 5.78 Å². The SMILES string of the molecule is CN(C)Cc1ccc(C(=O)C2CCNCC2)cc1.Cl. The molecule has 1 aliphatic heterocycles. The number of carbonyl (C=O) groups is 1. The monoisotopic (exact) mass is 282 g/mol. The first kappa shape index (κ1) is 16.2. The first-order chi connectivity index (χ1) is 8.66. The molecule has 1 saturated heterocycles. The number of halogens is 1. The van der Waals surface area contributed by atoms with Crippen LogP contribution in [-0.2, 0) is 6.54 Å². The lowest BCUT2D eigenvalue weighted by Crippen LogP contribution is -2.31. The average Bonchev–Trinajstić information content (AvgIpc) is 2.39. The first-order valence-corrected chi connectivity index (χ1v) is 6.65. The van der Waals surface area contributed by atoms with Gasteiger partial charge in [0.25, 0.3) is 0 Å². The van der Waals surface area contributed by atoms with E-state index in [-0.39, 0.29) is 18.3 Å². The van der Waals surface area contributed by atoms with E-state index in [4.69, 9.17) is 0 Å². The lowest BCUT2D eigenvalue weighted by Gasteiger charge is -2.21. The molecule has 4 heteroatoms. The van der Waals surface area contributed by atoms with Crippen molar-refractivity contribution in [3.63, 3.8) is 0 Å². The molecule has 0 unspecified atom stereocenters. The zero-order valence-corrected chi connectivity index (χ0v) is 12.5. The molecule has 1 fully saturated rings. The quantitative estimate of drug-likeness (QED) is 0.861. The molecule has 1 heterocycles. The van der Waals surface area contributed by atoms with Crippen LogP contribution in [0, 0.1) is 5.92 Å². The van der Waals surface area contributed by atoms with E-state index >= 15 is 0 Å². The molecule has 0 bridgehead atoms. The van der Waals surface area contributed by atoms with Crippen molar-refractivity contribution in [1.82, 2.24) is 10.2 Å². The fourth-order valence-corrected chi connectivity index (χ4v) is 2.46. The van der Waals surface area contributed by atoms with Gasteiger partial charge in [0, 0.05) is 18.0 Å². The fraction of sp³-hybridized carbons (Fsp3) is 0.533. The van der Waals surface area contributed by atoms with Crippen LogP contribution >= 0.6 is 12.4 Å². The maximum absolute atomic E-state index is 12.3. The minimum atomic E-state index is 0. The first-order valence-electron chi connectivity index (χ1n) is 6.65. The largest absolute Gasteiger partial charge is 0.317 e. The van der Waals surface area contributed by atoms with Crippen LogP contribution in [0.1, 0.15) is 28.8 Å². The normalized spacial score (nSPS) is 16.2. The van der Waals surface area contributed by atoms with Gasteiger partial charge in [0.1, 0.15) is 0 Å². The predicted octanol–water partition coefficient (Wildman–Crippen LogP) is 2.35. The molecule has 19 heavy (non-hydrogen) atoms. The summed E-state index contributed by atoms with van der Waals surface area (Å²) in [4.78, 5) is 14.4. The molecule has 0 atom stereocenters. The summed E-state index contributed by atoms with van der Waals surface area (Å²) < 4.78 is 0. The number of nitrogens with zero attached hydrogens (tertiary/aromatic N) is 1. The Morgan fingerprint density at radius 2 is 1.79 bits per heavy atom. The summed E-state index contributed by atoms with van der Waals surface area (Å²) in [6.45, 7) is 2.85. The standard InChI is InChI=1S/C15H22N2O.ClH/c1-17(2)11-12-3-5-13(6-4-12)15(18)14-7-9-16-10-8-14;/h3-6,14,16H,7-11H2,1-2H3;1H. The summed E-state index contributed by atoms with van der Waals surface area (Å²) in [6.07, 6.45) is 1.94. The molecule has 1 aromatic carbocycles. The highest BCUT2D eigenvalue weighted by Gasteiger charge is 2.21. The summed E-state index contributed by atoms with van der Waals surface area (Å²) >= 11 is 0. The predicted molar refractivity (Wildman–Crippen MR) is 81.0 cm³/mol. The second-order valence-electron chi connectivity index (χ2n) is 5.32. The van der Waals surface area contributed by atoms with Crippen LogP contribution in [-0.4, -0.2) is 37.9 Å². The van der Waals surface area contributed by atoms with Crippen LogP contribution in [0.5, 0.6) is 0 Å². The molecule has 0 spiro atoms. The smallest absolute Gasteiger partial charge is 0.166 e. The Balaban J connectivity index is 0.00000180. The van der Waals surface area contributed by atoms with E-state index in [1.165, 1.54) is 5.56 Å². The Kier molecular flexibility index (Phi) is 6.49. The number of carbonyl (C=O) groups excluding carboxylic acids is 1. The minimum Gasteiger partial charge on any atom is -0.317 e. The third kappa shape index (κ3) is 4.60. The second kappa shape index (κ2) is 7.63. The molecule has 0 amide bonds. The lowest BCUT2D eigenvalue weighted by molar-refractivity contribution is 0.0895. The Hall–Kier alpha value is -0.900. The van der Waals surface area contributed by atoms with Gasteiger partial charge >= 0.3 is 0 Å². The highest BCUT2D eigenvalue weighted by molar-refractivity contribution is 5.97. The zero-order chi connectivity index (χ0) is 13.0. The molecule has 0 aromatic heterocycles. The van der Waals surface area contributed by atoms with Gasteiger partial charge in [0.2, 0.25) is 0 Å². The van der Waals surface area contributed by atoms with E-state index in [9.17, 15) is 4.79 Å². The molecular weight excluding hydrogens is 260 g/mol. The Morgan fingerprint density at radius 3 is 2.32 bits per heavy atom. The van der Waals surface area contributed by atoms with Gasteiger partial charge in [-0.1, -0.05) is 24.3 Å². The number of hydrogen-bond donors (Lipinski definition) is 1. The number of ketones is 1. The van der Waals surface area contributed by atoms with Crippen molar-refractivity contribution in [2.24, 2.45) is 5.92 Å². The summed E-state index contributed by atoms with van der Waals surface area (Å²) in [6, 6.07) is 8.08. The molecule has 1 aromatic rings. The maximum atomic E-state index is 12.3. The van der Waals surface area contributed by atoms with Crippen LogP contribution in [0.3, 0.4) is 0 Å². The third-order valence-electron chi connectivity index (χ3n) is 3.45. The van der Waals surface area contributed by atoms with Gasteiger partial charge < -0.3 is 10.2 Å². The zero-order valence-electron chi connectivity index (χ0n) is 11.7. The van der Waals surface area contributed by atoms with Gasteiger partial charge in [-0.15, -0.1) is 12.4 Å². The number of piperidine rings is 1.